The second kappa shape index (κ2) is 7.53. The van der Waals surface area contributed by atoms with Crippen molar-refractivity contribution in [3.05, 3.63) is 29.8 Å². The van der Waals surface area contributed by atoms with E-state index in [2.05, 4.69) is 0 Å². The minimum absolute atomic E-state index is 0.0767. The van der Waals surface area contributed by atoms with Gasteiger partial charge in [-0.15, -0.1) is 0 Å². The number of likely N-dealkylation sites (N-methyl/N-ethyl adjacent to an activating group) is 1. The Morgan fingerprint density at radius 3 is 2.47 bits per heavy atom. The Labute approximate surface area is 113 Å². The number of nitrogens with two attached hydrogens (primary N) is 1. The lowest BCUT2D eigenvalue weighted by Crippen LogP contribution is -2.37. The van der Waals surface area contributed by atoms with Crippen molar-refractivity contribution in [2.75, 3.05) is 26.2 Å². The average molecular weight is 264 g/mol. The lowest BCUT2D eigenvalue weighted by Gasteiger charge is -2.18. The summed E-state index contributed by atoms with van der Waals surface area (Å²) in [5.41, 5.74) is 5.68. The molecule has 0 aliphatic heterocycles. The van der Waals surface area contributed by atoms with E-state index in [-0.39, 0.29) is 18.9 Å². The quantitative estimate of drug-likeness (QED) is 0.713. The van der Waals surface area contributed by atoms with Gasteiger partial charge in [-0.25, -0.2) is 0 Å². The van der Waals surface area contributed by atoms with Gasteiger partial charge in [-0.2, -0.15) is 0 Å². The van der Waals surface area contributed by atoms with Gasteiger partial charge >= 0.3 is 0 Å². The number of ether oxygens (including phenoxy) is 1. The van der Waals surface area contributed by atoms with Crippen molar-refractivity contribution in [1.29, 1.82) is 0 Å². The Morgan fingerprint density at radius 1 is 1.21 bits per heavy atom. The molecule has 0 spiro atoms. The Balaban J connectivity index is 2.79. The zero-order chi connectivity index (χ0) is 14.3. The van der Waals surface area contributed by atoms with Gasteiger partial charge in [0.15, 0.2) is 5.78 Å². The second-order valence-electron chi connectivity index (χ2n) is 4.12. The van der Waals surface area contributed by atoms with Gasteiger partial charge in [0.1, 0.15) is 5.75 Å². The van der Waals surface area contributed by atoms with Crippen molar-refractivity contribution in [1.82, 2.24) is 4.90 Å². The number of carbonyl (C=O) groups excluding carboxylic acids is 2. The molecule has 0 atom stereocenters. The first kappa shape index (κ1) is 15.2. The van der Waals surface area contributed by atoms with E-state index in [1.165, 1.54) is 0 Å². The van der Waals surface area contributed by atoms with Crippen LogP contribution in [-0.4, -0.2) is 42.8 Å². The molecule has 2 N–H and O–H groups in total. The smallest absolute Gasteiger partial charge is 0.231 e. The summed E-state index contributed by atoms with van der Waals surface area (Å²) >= 11 is 0. The van der Waals surface area contributed by atoms with Gasteiger partial charge < -0.3 is 10.5 Å². The number of nitrogens with zero attached hydrogens (tertiary/aromatic N) is 1. The predicted octanol–water partition coefficient (Wildman–Crippen LogP) is 1.08. The zero-order valence-electron chi connectivity index (χ0n) is 11.4. The average Bonchev–Trinajstić information content (AvgIpc) is 2.38. The molecule has 1 rings (SSSR count). The number of rotatable bonds is 8. The van der Waals surface area contributed by atoms with Crippen LogP contribution in [0.4, 0.5) is 0 Å². The van der Waals surface area contributed by atoms with E-state index in [9.17, 15) is 9.59 Å². The number of hydrogen-bond donors (Lipinski definition) is 1. The summed E-state index contributed by atoms with van der Waals surface area (Å²) in [5.74, 6) is 0.0602. The molecule has 0 saturated carbocycles. The van der Waals surface area contributed by atoms with Crippen LogP contribution < -0.4 is 10.5 Å². The fraction of sp³-hybridized carbons (Fsp3) is 0.429. The molecule has 0 aliphatic rings. The maximum atomic E-state index is 12.2. The number of hydrogen-bond acceptors (Lipinski definition) is 4. The van der Waals surface area contributed by atoms with Crippen molar-refractivity contribution >= 4 is 11.7 Å². The molecule has 0 bridgehead atoms. The van der Waals surface area contributed by atoms with Crippen molar-refractivity contribution in [3.63, 3.8) is 0 Å². The summed E-state index contributed by atoms with van der Waals surface area (Å²) in [5, 5.41) is 0. The van der Waals surface area contributed by atoms with Crippen LogP contribution in [0, 0.1) is 0 Å². The molecule has 104 valence electrons. The molecule has 0 radical (unpaired) electrons. The molecular weight excluding hydrogens is 244 g/mol. The van der Waals surface area contributed by atoms with Gasteiger partial charge in [0.25, 0.3) is 0 Å². The molecule has 0 unspecified atom stereocenters. The first-order valence-corrected chi connectivity index (χ1v) is 6.34. The SMILES string of the molecule is CCOc1ccccc1C(=O)CN(CC)CC(N)=O. The highest BCUT2D eigenvalue weighted by Gasteiger charge is 2.16. The van der Waals surface area contributed by atoms with E-state index in [1.807, 2.05) is 19.9 Å². The summed E-state index contributed by atoms with van der Waals surface area (Å²) in [6.07, 6.45) is 0. The summed E-state index contributed by atoms with van der Waals surface area (Å²) < 4.78 is 5.42. The number of ketones is 1. The van der Waals surface area contributed by atoms with Crippen molar-refractivity contribution < 1.29 is 14.3 Å². The first-order chi connectivity index (χ1) is 9.08. The van der Waals surface area contributed by atoms with E-state index >= 15 is 0 Å². The summed E-state index contributed by atoms with van der Waals surface area (Å²) in [6, 6.07) is 7.11. The maximum absolute atomic E-state index is 12.2. The Bertz CT molecular complexity index is 446. The third kappa shape index (κ3) is 4.71. The van der Waals surface area contributed by atoms with Crippen LogP contribution in [0.2, 0.25) is 0 Å². The Kier molecular flexibility index (Phi) is 6.02. The highest BCUT2D eigenvalue weighted by atomic mass is 16.5. The molecule has 1 amide bonds. The lowest BCUT2D eigenvalue weighted by atomic mass is 10.1. The van der Waals surface area contributed by atoms with E-state index in [1.54, 1.807) is 23.1 Å². The fourth-order valence-electron chi connectivity index (χ4n) is 1.77. The van der Waals surface area contributed by atoms with Crippen LogP contribution in [0.15, 0.2) is 24.3 Å². The summed E-state index contributed by atoms with van der Waals surface area (Å²) in [4.78, 5) is 24.8. The van der Waals surface area contributed by atoms with Crippen LogP contribution in [0.25, 0.3) is 0 Å². The van der Waals surface area contributed by atoms with Gasteiger partial charge in [0, 0.05) is 0 Å². The predicted molar refractivity (Wildman–Crippen MR) is 73.2 cm³/mol. The van der Waals surface area contributed by atoms with Gasteiger partial charge in [-0.05, 0) is 25.6 Å². The molecular formula is C14H20N2O3. The molecule has 5 nitrogen and oxygen atoms in total. The molecule has 1 aromatic carbocycles. The van der Waals surface area contributed by atoms with Crippen molar-refractivity contribution in [2.45, 2.75) is 13.8 Å². The Morgan fingerprint density at radius 2 is 1.89 bits per heavy atom. The topological polar surface area (TPSA) is 72.6 Å². The maximum Gasteiger partial charge on any atom is 0.231 e. The number of amides is 1. The number of Topliss-reactive ketones (excluding diaryl/α,β-unsaturated/α-hetero) is 1. The summed E-state index contributed by atoms with van der Waals surface area (Å²) in [7, 11) is 0. The number of carbonyl (C=O) groups is 2. The largest absolute Gasteiger partial charge is 0.493 e. The van der Waals surface area contributed by atoms with Gasteiger partial charge in [-0.1, -0.05) is 19.1 Å². The van der Waals surface area contributed by atoms with Crippen LogP contribution in [-0.2, 0) is 4.79 Å². The van der Waals surface area contributed by atoms with Crippen molar-refractivity contribution in [3.8, 4) is 5.75 Å². The molecule has 0 aliphatic carbocycles. The minimum atomic E-state index is -0.437. The molecule has 5 heteroatoms. The van der Waals surface area contributed by atoms with Crippen LogP contribution >= 0.6 is 0 Å². The van der Waals surface area contributed by atoms with Crippen LogP contribution in [0.5, 0.6) is 5.75 Å². The standard InChI is InChI=1S/C14H20N2O3/c1-3-16(10-14(15)18)9-12(17)11-7-5-6-8-13(11)19-4-2/h5-8H,3-4,9-10H2,1-2H3,(H2,15,18). The second-order valence-corrected chi connectivity index (χ2v) is 4.12. The molecule has 1 aromatic rings. The number of primary amides is 1. The van der Waals surface area contributed by atoms with Gasteiger partial charge in [0.2, 0.25) is 5.91 Å². The minimum Gasteiger partial charge on any atom is -0.493 e. The fourth-order valence-corrected chi connectivity index (χ4v) is 1.77. The van der Waals surface area contributed by atoms with Crippen LogP contribution in [0.1, 0.15) is 24.2 Å². The summed E-state index contributed by atoms with van der Waals surface area (Å²) in [6.45, 7) is 5.08. The first-order valence-electron chi connectivity index (χ1n) is 6.34. The van der Waals surface area contributed by atoms with E-state index in [0.717, 1.165) is 0 Å². The van der Waals surface area contributed by atoms with Gasteiger partial charge in [0.05, 0.1) is 25.3 Å². The van der Waals surface area contributed by atoms with Gasteiger partial charge in [-0.3, -0.25) is 14.5 Å². The van der Waals surface area contributed by atoms with E-state index < -0.39 is 5.91 Å². The molecule has 0 aromatic heterocycles. The molecule has 19 heavy (non-hydrogen) atoms. The third-order valence-electron chi connectivity index (χ3n) is 2.68. The highest BCUT2D eigenvalue weighted by Crippen LogP contribution is 2.18. The van der Waals surface area contributed by atoms with E-state index in [0.29, 0.717) is 24.5 Å². The van der Waals surface area contributed by atoms with Crippen LogP contribution in [0.3, 0.4) is 0 Å². The van der Waals surface area contributed by atoms with Crippen molar-refractivity contribution in [2.24, 2.45) is 5.73 Å². The molecule has 0 saturated heterocycles. The highest BCUT2D eigenvalue weighted by molar-refractivity contribution is 6.00. The number of para-hydroxylation sites is 1. The molecule has 0 heterocycles. The number of benzene rings is 1. The lowest BCUT2D eigenvalue weighted by molar-refractivity contribution is -0.118. The zero-order valence-corrected chi connectivity index (χ0v) is 11.4. The Hall–Kier alpha value is -1.88. The third-order valence-corrected chi connectivity index (χ3v) is 2.68. The normalized spacial score (nSPS) is 10.5. The van der Waals surface area contributed by atoms with E-state index in [4.69, 9.17) is 10.5 Å². The molecule has 0 fully saturated rings. The monoisotopic (exact) mass is 264 g/mol.